The summed E-state index contributed by atoms with van der Waals surface area (Å²) in [6.45, 7) is 9.09. The number of fused-ring (bicyclic) bond motifs is 3. The van der Waals surface area contributed by atoms with Crippen LogP contribution in [0, 0.1) is 5.41 Å². The first-order valence-corrected chi connectivity index (χ1v) is 9.99. The number of rotatable bonds is 6. The number of nitrogens with zero attached hydrogens (tertiary/aromatic N) is 2. The highest BCUT2D eigenvalue weighted by Crippen LogP contribution is 2.42. The van der Waals surface area contributed by atoms with Gasteiger partial charge in [0.25, 0.3) is 0 Å². The van der Waals surface area contributed by atoms with Crippen molar-refractivity contribution in [1.29, 1.82) is 0 Å². The Hall–Kier alpha value is -3.16. The molecule has 1 unspecified atom stereocenters. The Morgan fingerprint density at radius 3 is 2.52 bits per heavy atom. The highest BCUT2D eigenvalue weighted by Gasteiger charge is 2.35. The van der Waals surface area contributed by atoms with E-state index in [1.807, 2.05) is 36.8 Å². The highest BCUT2D eigenvalue weighted by atomic mass is 19.3. The van der Waals surface area contributed by atoms with Gasteiger partial charge in [0.15, 0.2) is 5.43 Å². The van der Waals surface area contributed by atoms with Gasteiger partial charge in [-0.05, 0) is 24.0 Å². The zero-order chi connectivity index (χ0) is 23.1. The molecule has 1 N–H and O–H groups in total. The predicted molar refractivity (Wildman–Crippen MR) is 114 cm³/mol. The zero-order valence-electron chi connectivity index (χ0n) is 18.0. The molecular formula is C23H26F2N2O4. The minimum absolute atomic E-state index is 0.00730. The minimum atomic E-state index is -3.00. The third-order valence-electron chi connectivity index (χ3n) is 5.56. The number of hydrogen-bond acceptors (Lipinski definition) is 3. The van der Waals surface area contributed by atoms with E-state index in [9.17, 15) is 23.5 Å². The second kappa shape index (κ2) is 8.17. The number of allylic oxidation sites excluding steroid dienone is 2. The highest BCUT2D eigenvalue weighted by molar-refractivity contribution is 5.87. The van der Waals surface area contributed by atoms with Gasteiger partial charge in [0, 0.05) is 30.1 Å². The fraction of sp³-hybridized carbons (Fsp3) is 0.391. The molecule has 3 heterocycles. The Morgan fingerprint density at radius 2 is 2.00 bits per heavy atom. The average Bonchev–Trinajstić information content (AvgIpc) is 3.04. The lowest BCUT2D eigenvalue weighted by Gasteiger charge is -2.39. The summed E-state index contributed by atoms with van der Waals surface area (Å²) in [7, 11) is 0. The Balaban J connectivity index is 2.33. The fourth-order valence-electron chi connectivity index (χ4n) is 4.13. The van der Waals surface area contributed by atoms with Crippen molar-refractivity contribution in [3.05, 3.63) is 64.1 Å². The molecule has 6 nitrogen and oxygen atoms in total. The van der Waals surface area contributed by atoms with Crippen LogP contribution in [0.2, 0.25) is 0 Å². The number of halogens is 2. The number of aromatic nitrogens is 2. The normalized spacial score (nSPS) is 16.1. The van der Waals surface area contributed by atoms with Crippen molar-refractivity contribution in [2.75, 3.05) is 0 Å². The van der Waals surface area contributed by atoms with Crippen LogP contribution in [0.15, 0.2) is 41.9 Å². The van der Waals surface area contributed by atoms with E-state index in [-0.39, 0.29) is 22.8 Å². The van der Waals surface area contributed by atoms with Crippen molar-refractivity contribution in [1.82, 2.24) is 9.13 Å². The van der Waals surface area contributed by atoms with E-state index in [4.69, 9.17) is 4.74 Å². The topological polar surface area (TPSA) is 73.5 Å². The Labute approximate surface area is 179 Å². The first-order valence-electron chi connectivity index (χ1n) is 9.99. The third kappa shape index (κ3) is 4.06. The molecule has 0 fully saturated rings. The maximum Gasteiger partial charge on any atom is 0.387 e. The number of carboxylic acids is 1. The molecule has 0 amide bonds. The second-order valence-corrected chi connectivity index (χ2v) is 8.53. The van der Waals surface area contributed by atoms with E-state index in [0.717, 1.165) is 5.69 Å². The average molecular weight is 432 g/mol. The van der Waals surface area contributed by atoms with Gasteiger partial charge in [-0.3, -0.25) is 4.79 Å². The van der Waals surface area contributed by atoms with Crippen LogP contribution >= 0.6 is 0 Å². The molecule has 0 bridgehead atoms. The van der Waals surface area contributed by atoms with Crippen molar-refractivity contribution < 1.29 is 23.4 Å². The maximum atomic E-state index is 13.0. The van der Waals surface area contributed by atoms with E-state index in [0.29, 0.717) is 29.9 Å². The van der Waals surface area contributed by atoms with Gasteiger partial charge in [0.1, 0.15) is 11.3 Å². The summed E-state index contributed by atoms with van der Waals surface area (Å²) >= 11 is 0. The molecule has 0 saturated heterocycles. The summed E-state index contributed by atoms with van der Waals surface area (Å²) in [6, 6.07) is 2.85. The number of alkyl halides is 2. The lowest BCUT2D eigenvalue weighted by atomic mass is 9.84. The molecule has 166 valence electrons. The minimum Gasteiger partial charge on any atom is -0.477 e. The molecule has 3 rings (SSSR count). The SMILES string of the molecule is C=C/C=C(/OC(F)F)c1cc2n(c1CC)CC(C(C)(C)C)n1cc(C(=O)O)c(=O)cc1-2. The summed E-state index contributed by atoms with van der Waals surface area (Å²) in [5, 5.41) is 9.43. The van der Waals surface area contributed by atoms with Gasteiger partial charge in [0.05, 0.1) is 17.4 Å². The van der Waals surface area contributed by atoms with Crippen molar-refractivity contribution in [2.24, 2.45) is 5.41 Å². The molecule has 1 aliphatic rings. The van der Waals surface area contributed by atoms with Crippen LogP contribution in [-0.2, 0) is 17.7 Å². The summed E-state index contributed by atoms with van der Waals surface area (Å²) in [4.78, 5) is 24.0. The van der Waals surface area contributed by atoms with Gasteiger partial charge < -0.3 is 19.0 Å². The van der Waals surface area contributed by atoms with Crippen LogP contribution < -0.4 is 5.43 Å². The molecule has 0 aliphatic carbocycles. The maximum absolute atomic E-state index is 13.0. The summed E-state index contributed by atoms with van der Waals surface area (Å²) in [5.74, 6) is -1.29. The Kier molecular flexibility index (Phi) is 5.93. The largest absolute Gasteiger partial charge is 0.477 e. The molecule has 1 aliphatic heterocycles. The monoisotopic (exact) mass is 432 g/mol. The van der Waals surface area contributed by atoms with E-state index >= 15 is 0 Å². The molecule has 2 aromatic rings. The molecule has 0 radical (unpaired) electrons. The predicted octanol–water partition coefficient (Wildman–Crippen LogP) is 4.94. The first kappa shape index (κ1) is 22.5. The van der Waals surface area contributed by atoms with E-state index < -0.39 is 18.0 Å². The number of ether oxygens (including phenoxy) is 1. The molecule has 2 aromatic heterocycles. The quantitative estimate of drug-likeness (QED) is 0.518. The van der Waals surface area contributed by atoms with Gasteiger partial charge >= 0.3 is 12.6 Å². The number of hydrogen-bond donors (Lipinski definition) is 1. The Bertz CT molecular complexity index is 1120. The number of carbonyl (C=O) groups is 1. The summed E-state index contributed by atoms with van der Waals surface area (Å²) in [6.07, 6.45) is 4.69. The van der Waals surface area contributed by atoms with Gasteiger partial charge in [-0.15, -0.1) is 0 Å². The first-order chi connectivity index (χ1) is 14.5. The fourth-order valence-corrected chi connectivity index (χ4v) is 4.13. The van der Waals surface area contributed by atoms with E-state index in [2.05, 4.69) is 6.58 Å². The molecule has 1 atom stereocenters. The van der Waals surface area contributed by atoms with Gasteiger partial charge in [-0.25, -0.2) is 4.79 Å². The molecule has 0 saturated carbocycles. The van der Waals surface area contributed by atoms with Gasteiger partial charge in [-0.1, -0.05) is 40.3 Å². The molecule has 0 spiro atoms. The standard InChI is InChI=1S/C23H26F2N2O4/c1-6-8-19(31-22(24)25)13-9-16-17-10-18(28)14(21(29)30)11-27(17)20(23(3,4)5)12-26(16)15(13)7-2/h6,8-11,20,22H,1,7,12H2,2-5H3,(H,29,30)/b19-8+. The van der Waals surface area contributed by atoms with Crippen LogP contribution in [0.25, 0.3) is 17.1 Å². The van der Waals surface area contributed by atoms with E-state index in [1.165, 1.54) is 24.4 Å². The number of carboxylic acid groups (broad SMARTS) is 1. The third-order valence-corrected chi connectivity index (χ3v) is 5.56. The van der Waals surface area contributed by atoms with Crippen molar-refractivity contribution in [3.8, 4) is 11.4 Å². The van der Waals surface area contributed by atoms with Crippen LogP contribution in [0.4, 0.5) is 8.78 Å². The van der Waals surface area contributed by atoms with Gasteiger partial charge in [-0.2, -0.15) is 8.78 Å². The van der Waals surface area contributed by atoms with Gasteiger partial charge in [0.2, 0.25) is 0 Å². The van der Waals surface area contributed by atoms with E-state index in [1.54, 1.807) is 6.07 Å². The van der Waals surface area contributed by atoms with Crippen LogP contribution in [0.1, 0.15) is 55.4 Å². The van der Waals surface area contributed by atoms with Crippen LogP contribution in [0.5, 0.6) is 0 Å². The summed E-state index contributed by atoms with van der Waals surface area (Å²) in [5.41, 5.74) is 1.29. The number of pyridine rings is 1. The molecule has 8 heteroatoms. The van der Waals surface area contributed by atoms with Crippen molar-refractivity contribution in [2.45, 2.75) is 53.3 Å². The molecule has 0 aromatic carbocycles. The molecular weight excluding hydrogens is 406 g/mol. The molecule has 31 heavy (non-hydrogen) atoms. The summed E-state index contributed by atoms with van der Waals surface area (Å²) < 4.78 is 34.6. The van der Waals surface area contributed by atoms with Crippen LogP contribution in [0.3, 0.4) is 0 Å². The smallest absolute Gasteiger partial charge is 0.387 e. The van der Waals surface area contributed by atoms with Crippen molar-refractivity contribution in [3.63, 3.8) is 0 Å². The number of aromatic carboxylic acids is 1. The zero-order valence-corrected chi connectivity index (χ0v) is 18.0. The van der Waals surface area contributed by atoms with Crippen molar-refractivity contribution >= 4 is 11.7 Å². The van der Waals surface area contributed by atoms with Crippen LogP contribution in [-0.4, -0.2) is 26.8 Å². The second-order valence-electron chi connectivity index (χ2n) is 8.53. The lowest BCUT2D eigenvalue weighted by Crippen LogP contribution is -2.35. The Morgan fingerprint density at radius 1 is 1.32 bits per heavy atom. The lowest BCUT2D eigenvalue weighted by molar-refractivity contribution is -0.0711.